The fraction of sp³-hybridized carbons (Fsp3) is 0.333. The van der Waals surface area contributed by atoms with Crippen molar-refractivity contribution in [3.05, 3.63) is 22.8 Å². The summed E-state index contributed by atoms with van der Waals surface area (Å²) in [6.45, 7) is 1.57. The molecule has 0 aromatic carbocycles. The normalized spacial score (nSPS) is 13.2. The molecular formula is C12H13N5O3S. The highest BCUT2D eigenvalue weighted by atomic mass is 32.1. The zero-order valence-electron chi connectivity index (χ0n) is 11.3. The fourth-order valence-electron chi connectivity index (χ4n) is 1.95. The van der Waals surface area contributed by atoms with E-state index < -0.39 is 11.9 Å². The van der Waals surface area contributed by atoms with Gasteiger partial charge in [-0.15, -0.1) is 16.4 Å². The van der Waals surface area contributed by atoms with Gasteiger partial charge in [-0.25, -0.2) is 9.48 Å². The summed E-state index contributed by atoms with van der Waals surface area (Å²) in [5.74, 6) is -0.135. The SMILES string of the molecule is COC(=O)c1csc(NC(=O)c2nc3n(n2)CCCN3)c1. The van der Waals surface area contributed by atoms with Gasteiger partial charge in [0.1, 0.15) is 0 Å². The molecule has 0 radical (unpaired) electrons. The van der Waals surface area contributed by atoms with E-state index in [9.17, 15) is 9.59 Å². The molecule has 0 atom stereocenters. The lowest BCUT2D eigenvalue weighted by Crippen LogP contribution is -2.18. The molecule has 0 unspecified atom stereocenters. The van der Waals surface area contributed by atoms with Crippen LogP contribution in [0.3, 0.4) is 0 Å². The number of esters is 1. The number of hydrogen-bond acceptors (Lipinski definition) is 7. The summed E-state index contributed by atoms with van der Waals surface area (Å²) < 4.78 is 6.29. The maximum atomic E-state index is 12.1. The molecule has 0 saturated carbocycles. The first-order chi connectivity index (χ1) is 10.2. The number of carbonyl (C=O) groups is 2. The fourth-order valence-corrected chi connectivity index (χ4v) is 2.71. The van der Waals surface area contributed by atoms with Crippen molar-refractivity contribution in [2.75, 3.05) is 24.3 Å². The Morgan fingerprint density at radius 3 is 3.14 bits per heavy atom. The van der Waals surface area contributed by atoms with E-state index in [2.05, 4.69) is 25.5 Å². The van der Waals surface area contributed by atoms with E-state index in [1.165, 1.54) is 18.4 Å². The third-order valence-corrected chi connectivity index (χ3v) is 3.81. The molecule has 2 aromatic heterocycles. The zero-order chi connectivity index (χ0) is 14.8. The summed E-state index contributed by atoms with van der Waals surface area (Å²) in [5.41, 5.74) is 0.400. The first-order valence-electron chi connectivity index (χ1n) is 6.34. The number of amides is 1. The Morgan fingerprint density at radius 1 is 1.52 bits per heavy atom. The second-order valence-electron chi connectivity index (χ2n) is 4.41. The van der Waals surface area contributed by atoms with Gasteiger partial charge in [-0.3, -0.25) is 4.79 Å². The van der Waals surface area contributed by atoms with Gasteiger partial charge in [0, 0.05) is 18.5 Å². The number of nitrogens with one attached hydrogen (secondary N) is 2. The van der Waals surface area contributed by atoms with Crippen LogP contribution in [-0.2, 0) is 11.3 Å². The number of aryl methyl sites for hydroxylation is 1. The predicted octanol–water partition coefficient (Wildman–Crippen LogP) is 1.19. The Balaban J connectivity index is 1.72. The number of anilines is 2. The summed E-state index contributed by atoms with van der Waals surface area (Å²) in [6, 6.07) is 1.56. The lowest BCUT2D eigenvalue weighted by Gasteiger charge is -2.12. The van der Waals surface area contributed by atoms with Crippen LogP contribution < -0.4 is 10.6 Å². The summed E-state index contributed by atoms with van der Waals surface area (Å²) in [6.07, 6.45) is 0.949. The van der Waals surface area contributed by atoms with Crippen LogP contribution in [0.15, 0.2) is 11.4 Å². The number of carbonyl (C=O) groups excluding carboxylic acids is 2. The number of fused-ring (bicyclic) bond motifs is 1. The van der Waals surface area contributed by atoms with Crippen LogP contribution in [0.1, 0.15) is 27.4 Å². The predicted molar refractivity (Wildman–Crippen MR) is 76.7 cm³/mol. The Labute approximate surface area is 124 Å². The Bertz CT molecular complexity index is 669. The van der Waals surface area contributed by atoms with Crippen LogP contribution in [0.25, 0.3) is 0 Å². The lowest BCUT2D eigenvalue weighted by atomic mass is 10.3. The molecule has 2 N–H and O–H groups in total. The van der Waals surface area contributed by atoms with Crippen molar-refractivity contribution in [1.82, 2.24) is 14.8 Å². The number of hydrogen-bond donors (Lipinski definition) is 2. The minimum atomic E-state index is -0.438. The molecule has 0 aliphatic carbocycles. The lowest BCUT2D eigenvalue weighted by molar-refractivity contribution is 0.0601. The van der Waals surface area contributed by atoms with Crippen molar-refractivity contribution >= 4 is 34.2 Å². The molecule has 110 valence electrons. The number of nitrogens with zero attached hydrogens (tertiary/aromatic N) is 3. The molecule has 9 heteroatoms. The van der Waals surface area contributed by atoms with Crippen molar-refractivity contribution in [3.8, 4) is 0 Å². The Hall–Kier alpha value is -2.42. The van der Waals surface area contributed by atoms with Crippen molar-refractivity contribution in [1.29, 1.82) is 0 Å². The third kappa shape index (κ3) is 2.72. The van der Waals surface area contributed by atoms with Gasteiger partial charge in [0.25, 0.3) is 5.91 Å². The minimum absolute atomic E-state index is 0.104. The summed E-state index contributed by atoms with van der Waals surface area (Å²) in [5, 5.41) is 12.1. The average Bonchev–Trinajstić information content (AvgIpc) is 3.12. The van der Waals surface area contributed by atoms with Gasteiger partial charge in [-0.1, -0.05) is 0 Å². The number of thiophene rings is 1. The maximum Gasteiger partial charge on any atom is 0.338 e. The average molecular weight is 307 g/mol. The topological polar surface area (TPSA) is 98.1 Å². The molecule has 3 heterocycles. The van der Waals surface area contributed by atoms with Gasteiger partial charge in [-0.05, 0) is 12.5 Å². The molecular weight excluding hydrogens is 294 g/mol. The number of aromatic nitrogens is 3. The highest BCUT2D eigenvalue weighted by molar-refractivity contribution is 7.14. The molecule has 1 amide bonds. The van der Waals surface area contributed by atoms with Gasteiger partial charge >= 0.3 is 5.97 Å². The van der Waals surface area contributed by atoms with Crippen LogP contribution in [0.4, 0.5) is 10.9 Å². The second kappa shape index (κ2) is 5.52. The minimum Gasteiger partial charge on any atom is -0.465 e. The van der Waals surface area contributed by atoms with E-state index in [-0.39, 0.29) is 5.82 Å². The molecule has 2 aromatic rings. The van der Waals surface area contributed by atoms with E-state index in [0.717, 1.165) is 19.5 Å². The van der Waals surface area contributed by atoms with Gasteiger partial charge in [0.05, 0.1) is 17.7 Å². The molecule has 3 rings (SSSR count). The quantitative estimate of drug-likeness (QED) is 0.827. The Morgan fingerprint density at radius 2 is 2.38 bits per heavy atom. The first kappa shape index (κ1) is 13.6. The molecule has 0 spiro atoms. The van der Waals surface area contributed by atoms with Crippen molar-refractivity contribution in [3.63, 3.8) is 0 Å². The van der Waals surface area contributed by atoms with Crippen LogP contribution in [0, 0.1) is 0 Å². The molecule has 1 aliphatic rings. The Kier molecular flexibility index (Phi) is 3.57. The highest BCUT2D eigenvalue weighted by Gasteiger charge is 2.19. The molecule has 0 saturated heterocycles. The maximum absolute atomic E-state index is 12.1. The molecule has 0 bridgehead atoms. The first-order valence-corrected chi connectivity index (χ1v) is 7.22. The highest BCUT2D eigenvalue weighted by Crippen LogP contribution is 2.21. The van der Waals surface area contributed by atoms with Crippen molar-refractivity contribution in [2.45, 2.75) is 13.0 Å². The van der Waals surface area contributed by atoms with Crippen LogP contribution in [0.2, 0.25) is 0 Å². The smallest absolute Gasteiger partial charge is 0.338 e. The van der Waals surface area contributed by atoms with E-state index >= 15 is 0 Å². The van der Waals surface area contributed by atoms with Crippen LogP contribution in [-0.4, -0.2) is 40.3 Å². The molecule has 21 heavy (non-hydrogen) atoms. The third-order valence-electron chi connectivity index (χ3n) is 2.96. The summed E-state index contributed by atoms with van der Waals surface area (Å²) in [7, 11) is 1.31. The van der Waals surface area contributed by atoms with Crippen LogP contribution in [0.5, 0.6) is 0 Å². The van der Waals surface area contributed by atoms with E-state index in [1.807, 2.05) is 0 Å². The molecule has 8 nitrogen and oxygen atoms in total. The number of methoxy groups -OCH3 is 1. The van der Waals surface area contributed by atoms with Crippen molar-refractivity contribution in [2.24, 2.45) is 0 Å². The zero-order valence-corrected chi connectivity index (χ0v) is 12.1. The van der Waals surface area contributed by atoms with Gasteiger partial charge in [0.15, 0.2) is 0 Å². The van der Waals surface area contributed by atoms with Crippen LogP contribution >= 0.6 is 11.3 Å². The van der Waals surface area contributed by atoms with E-state index in [1.54, 1.807) is 16.1 Å². The summed E-state index contributed by atoms with van der Waals surface area (Å²) >= 11 is 1.24. The summed E-state index contributed by atoms with van der Waals surface area (Å²) in [4.78, 5) is 27.6. The second-order valence-corrected chi connectivity index (χ2v) is 5.32. The standard InChI is InChI=1S/C12H13N5O3S/c1-20-11(19)7-5-8(21-6-7)14-10(18)9-15-12-13-3-2-4-17(12)16-9/h5-6H,2-4H2,1H3,(H,14,18)(H,13,15,16). The van der Waals surface area contributed by atoms with E-state index in [0.29, 0.717) is 16.5 Å². The number of ether oxygens (including phenoxy) is 1. The van der Waals surface area contributed by atoms with Gasteiger partial charge in [-0.2, -0.15) is 4.98 Å². The van der Waals surface area contributed by atoms with Crippen molar-refractivity contribution < 1.29 is 14.3 Å². The molecule has 1 aliphatic heterocycles. The monoisotopic (exact) mass is 307 g/mol. The van der Waals surface area contributed by atoms with E-state index in [4.69, 9.17) is 0 Å². The number of rotatable bonds is 3. The van der Waals surface area contributed by atoms with Gasteiger partial charge in [0.2, 0.25) is 11.8 Å². The largest absolute Gasteiger partial charge is 0.465 e. The van der Waals surface area contributed by atoms with Gasteiger partial charge < -0.3 is 15.4 Å². The molecule has 0 fully saturated rings.